The SMILES string of the molecule is CCC(=O)N1CCC(Nc2ccc(C#N)cn2)C1. The smallest absolute Gasteiger partial charge is 0.222 e. The number of nitrogens with one attached hydrogen (secondary N) is 1. The average Bonchev–Trinajstić information content (AvgIpc) is 2.87. The summed E-state index contributed by atoms with van der Waals surface area (Å²) in [5, 5.41) is 12.0. The summed E-state index contributed by atoms with van der Waals surface area (Å²) in [6.45, 7) is 3.42. The van der Waals surface area contributed by atoms with Gasteiger partial charge in [-0.25, -0.2) is 4.98 Å². The number of hydrogen-bond acceptors (Lipinski definition) is 4. The monoisotopic (exact) mass is 244 g/mol. The van der Waals surface area contributed by atoms with E-state index < -0.39 is 0 Å². The normalized spacial score (nSPS) is 18.4. The highest BCUT2D eigenvalue weighted by Crippen LogP contribution is 2.15. The highest BCUT2D eigenvalue weighted by molar-refractivity contribution is 5.76. The van der Waals surface area contributed by atoms with Gasteiger partial charge in [-0.1, -0.05) is 6.92 Å². The van der Waals surface area contributed by atoms with Crippen LogP contribution in [0.1, 0.15) is 25.3 Å². The van der Waals surface area contributed by atoms with Crippen LogP contribution in [-0.4, -0.2) is 34.9 Å². The molecule has 1 saturated heterocycles. The summed E-state index contributed by atoms with van der Waals surface area (Å²) >= 11 is 0. The fraction of sp³-hybridized carbons (Fsp3) is 0.462. The molecule has 0 radical (unpaired) electrons. The molecule has 2 rings (SSSR count). The molecule has 5 nitrogen and oxygen atoms in total. The molecule has 5 heteroatoms. The van der Waals surface area contributed by atoms with Crippen molar-refractivity contribution in [2.45, 2.75) is 25.8 Å². The van der Waals surface area contributed by atoms with E-state index in [-0.39, 0.29) is 11.9 Å². The molecule has 0 aromatic carbocycles. The lowest BCUT2D eigenvalue weighted by molar-refractivity contribution is -0.129. The summed E-state index contributed by atoms with van der Waals surface area (Å²) in [5.74, 6) is 0.955. The van der Waals surface area contributed by atoms with Gasteiger partial charge in [0.15, 0.2) is 0 Å². The molecule has 1 amide bonds. The van der Waals surface area contributed by atoms with Crippen molar-refractivity contribution in [2.24, 2.45) is 0 Å². The van der Waals surface area contributed by atoms with Crippen molar-refractivity contribution in [3.05, 3.63) is 23.9 Å². The number of carbonyl (C=O) groups is 1. The number of aromatic nitrogens is 1. The lowest BCUT2D eigenvalue weighted by Crippen LogP contribution is -2.31. The molecule has 0 aliphatic carbocycles. The van der Waals surface area contributed by atoms with Gasteiger partial charge in [0.2, 0.25) is 5.91 Å². The molecule has 1 atom stereocenters. The van der Waals surface area contributed by atoms with Crippen molar-refractivity contribution < 1.29 is 4.79 Å². The van der Waals surface area contributed by atoms with Crippen LogP contribution in [0.3, 0.4) is 0 Å². The van der Waals surface area contributed by atoms with Crippen LogP contribution in [0.25, 0.3) is 0 Å². The van der Waals surface area contributed by atoms with Crippen molar-refractivity contribution in [1.29, 1.82) is 5.26 Å². The highest BCUT2D eigenvalue weighted by Gasteiger charge is 2.25. The summed E-state index contributed by atoms with van der Waals surface area (Å²) in [5.41, 5.74) is 0.551. The number of amides is 1. The summed E-state index contributed by atoms with van der Waals surface area (Å²) < 4.78 is 0. The molecule has 1 aromatic heterocycles. The Labute approximate surface area is 106 Å². The molecule has 18 heavy (non-hydrogen) atoms. The first kappa shape index (κ1) is 12.4. The van der Waals surface area contributed by atoms with Gasteiger partial charge in [0.25, 0.3) is 0 Å². The molecule has 1 aromatic rings. The summed E-state index contributed by atoms with van der Waals surface area (Å²) in [6, 6.07) is 5.81. The van der Waals surface area contributed by atoms with E-state index in [0.29, 0.717) is 12.0 Å². The third-order valence-corrected chi connectivity index (χ3v) is 3.09. The number of hydrogen-bond donors (Lipinski definition) is 1. The number of nitriles is 1. The Morgan fingerprint density at radius 3 is 3.11 bits per heavy atom. The van der Waals surface area contributed by atoms with Crippen LogP contribution in [0.5, 0.6) is 0 Å². The van der Waals surface area contributed by atoms with E-state index in [1.165, 1.54) is 0 Å². The van der Waals surface area contributed by atoms with Crippen molar-refractivity contribution in [3.8, 4) is 6.07 Å². The van der Waals surface area contributed by atoms with Gasteiger partial charge in [-0.2, -0.15) is 5.26 Å². The summed E-state index contributed by atoms with van der Waals surface area (Å²) in [6.07, 6.45) is 3.04. The summed E-state index contributed by atoms with van der Waals surface area (Å²) in [7, 11) is 0. The first-order valence-electron chi connectivity index (χ1n) is 6.13. The second-order valence-corrected chi connectivity index (χ2v) is 4.37. The first-order valence-corrected chi connectivity index (χ1v) is 6.13. The number of nitrogens with zero attached hydrogens (tertiary/aromatic N) is 3. The zero-order valence-corrected chi connectivity index (χ0v) is 10.4. The molecule has 0 bridgehead atoms. The minimum absolute atomic E-state index is 0.201. The Morgan fingerprint density at radius 1 is 1.67 bits per heavy atom. The third-order valence-electron chi connectivity index (χ3n) is 3.09. The topological polar surface area (TPSA) is 69.0 Å². The Hall–Kier alpha value is -2.09. The fourth-order valence-corrected chi connectivity index (χ4v) is 2.08. The Bertz CT molecular complexity index is 463. The van der Waals surface area contributed by atoms with Crippen molar-refractivity contribution in [1.82, 2.24) is 9.88 Å². The van der Waals surface area contributed by atoms with Crippen LogP contribution in [-0.2, 0) is 4.79 Å². The average molecular weight is 244 g/mol. The van der Waals surface area contributed by atoms with Gasteiger partial charge in [0.1, 0.15) is 11.9 Å². The zero-order valence-electron chi connectivity index (χ0n) is 10.4. The second kappa shape index (κ2) is 5.50. The molecule has 2 heterocycles. The van der Waals surface area contributed by atoms with E-state index in [1.54, 1.807) is 18.3 Å². The van der Waals surface area contributed by atoms with Crippen LogP contribution >= 0.6 is 0 Å². The predicted octanol–water partition coefficient (Wildman–Crippen LogP) is 1.38. The standard InChI is InChI=1S/C13H16N4O/c1-2-13(18)17-6-5-11(9-17)16-12-4-3-10(7-14)8-15-12/h3-4,8,11H,2,5-6,9H2,1H3,(H,15,16). The maximum absolute atomic E-state index is 11.5. The number of likely N-dealkylation sites (tertiary alicyclic amines) is 1. The van der Waals surface area contributed by atoms with Gasteiger partial charge in [0.05, 0.1) is 5.56 Å². The van der Waals surface area contributed by atoms with E-state index in [0.717, 1.165) is 25.3 Å². The van der Waals surface area contributed by atoms with Crippen LogP contribution in [0.2, 0.25) is 0 Å². The van der Waals surface area contributed by atoms with Crippen LogP contribution in [0.4, 0.5) is 5.82 Å². The summed E-state index contributed by atoms with van der Waals surface area (Å²) in [4.78, 5) is 17.6. The maximum atomic E-state index is 11.5. The minimum atomic E-state index is 0.201. The minimum Gasteiger partial charge on any atom is -0.365 e. The quantitative estimate of drug-likeness (QED) is 0.872. The number of anilines is 1. The van der Waals surface area contributed by atoms with Gasteiger partial charge >= 0.3 is 0 Å². The molecule has 0 saturated carbocycles. The van der Waals surface area contributed by atoms with Crippen molar-refractivity contribution in [3.63, 3.8) is 0 Å². The van der Waals surface area contributed by atoms with E-state index in [1.807, 2.05) is 17.9 Å². The second-order valence-electron chi connectivity index (χ2n) is 4.37. The lowest BCUT2D eigenvalue weighted by Gasteiger charge is -2.16. The fourth-order valence-electron chi connectivity index (χ4n) is 2.08. The Kier molecular flexibility index (Phi) is 3.78. The van der Waals surface area contributed by atoms with E-state index >= 15 is 0 Å². The van der Waals surface area contributed by atoms with Gasteiger partial charge in [0, 0.05) is 31.7 Å². The molecular weight excluding hydrogens is 228 g/mol. The molecule has 1 fully saturated rings. The van der Waals surface area contributed by atoms with Gasteiger partial charge < -0.3 is 10.2 Å². The van der Waals surface area contributed by atoms with Crippen molar-refractivity contribution in [2.75, 3.05) is 18.4 Å². The molecular formula is C13H16N4O. The van der Waals surface area contributed by atoms with E-state index in [9.17, 15) is 4.79 Å². The predicted molar refractivity (Wildman–Crippen MR) is 67.9 cm³/mol. The zero-order chi connectivity index (χ0) is 13.0. The number of carbonyl (C=O) groups excluding carboxylic acids is 1. The van der Waals surface area contributed by atoms with E-state index in [2.05, 4.69) is 10.3 Å². The van der Waals surface area contributed by atoms with Crippen LogP contribution < -0.4 is 5.32 Å². The molecule has 1 aliphatic heterocycles. The molecule has 1 unspecified atom stereocenters. The van der Waals surface area contributed by atoms with Gasteiger partial charge in [-0.15, -0.1) is 0 Å². The van der Waals surface area contributed by atoms with E-state index in [4.69, 9.17) is 5.26 Å². The van der Waals surface area contributed by atoms with Crippen molar-refractivity contribution >= 4 is 11.7 Å². The number of pyridine rings is 1. The Morgan fingerprint density at radius 2 is 2.50 bits per heavy atom. The highest BCUT2D eigenvalue weighted by atomic mass is 16.2. The third kappa shape index (κ3) is 2.77. The molecule has 1 aliphatic rings. The lowest BCUT2D eigenvalue weighted by atomic mass is 10.2. The molecule has 1 N–H and O–H groups in total. The Balaban J connectivity index is 1.91. The van der Waals surface area contributed by atoms with Gasteiger partial charge in [-0.05, 0) is 18.6 Å². The first-order chi connectivity index (χ1) is 8.72. The molecule has 94 valence electrons. The largest absolute Gasteiger partial charge is 0.365 e. The molecule has 0 spiro atoms. The van der Waals surface area contributed by atoms with Crippen LogP contribution in [0, 0.1) is 11.3 Å². The van der Waals surface area contributed by atoms with Crippen LogP contribution in [0.15, 0.2) is 18.3 Å². The number of rotatable bonds is 3. The maximum Gasteiger partial charge on any atom is 0.222 e. The van der Waals surface area contributed by atoms with Gasteiger partial charge in [-0.3, -0.25) is 4.79 Å².